The highest BCUT2D eigenvalue weighted by Crippen LogP contribution is 2.28. The molecule has 0 aliphatic heterocycles. The zero-order valence-electron chi connectivity index (χ0n) is 9.86. The van der Waals surface area contributed by atoms with E-state index in [4.69, 9.17) is 10.5 Å². The third-order valence-corrected chi connectivity index (χ3v) is 3.37. The number of pyridine rings is 1. The molecule has 1 heterocycles. The van der Waals surface area contributed by atoms with E-state index >= 15 is 0 Å². The quantitative estimate of drug-likeness (QED) is 0.850. The molecule has 1 aliphatic carbocycles. The van der Waals surface area contributed by atoms with Crippen LogP contribution in [0.5, 0.6) is 5.88 Å². The van der Waals surface area contributed by atoms with E-state index in [1.165, 1.54) is 19.3 Å². The Kier molecular flexibility index (Phi) is 3.78. The Morgan fingerprint density at radius 3 is 3.00 bits per heavy atom. The molecule has 0 radical (unpaired) electrons. The minimum atomic E-state index is 0.257. The van der Waals surface area contributed by atoms with Crippen LogP contribution in [0.4, 0.5) is 0 Å². The van der Waals surface area contributed by atoms with Crippen molar-refractivity contribution in [1.82, 2.24) is 4.98 Å². The summed E-state index contributed by atoms with van der Waals surface area (Å²) in [5, 5.41) is 0. The highest BCUT2D eigenvalue weighted by Gasteiger charge is 2.26. The molecule has 2 rings (SSSR count). The van der Waals surface area contributed by atoms with Crippen molar-refractivity contribution in [2.75, 3.05) is 6.54 Å². The van der Waals surface area contributed by atoms with E-state index in [2.05, 4.69) is 4.98 Å². The fourth-order valence-electron chi connectivity index (χ4n) is 2.34. The first kappa shape index (κ1) is 11.4. The number of aryl methyl sites for hydroxylation is 1. The summed E-state index contributed by atoms with van der Waals surface area (Å²) in [5.74, 6) is 1.27. The average Bonchev–Trinajstić information content (AvgIpc) is 2.33. The van der Waals surface area contributed by atoms with Crippen LogP contribution in [0.15, 0.2) is 18.3 Å². The SMILES string of the molecule is Cc1cccnc1OC1CCCCC1CN. The van der Waals surface area contributed by atoms with Gasteiger partial charge in [-0.3, -0.25) is 0 Å². The molecular weight excluding hydrogens is 200 g/mol. The fourth-order valence-corrected chi connectivity index (χ4v) is 2.34. The molecule has 0 bridgehead atoms. The lowest BCUT2D eigenvalue weighted by Crippen LogP contribution is -2.35. The third-order valence-electron chi connectivity index (χ3n) is 3.37. The molecule has 1 fully saturated rings. The molecule has 1 aromatic rings. The number of ether oxygens (including phenoxy) is 1. The van der Waals surface area contributed by atoms with Gasteiger partial charge < -0.3 is 10.5 Å². The predicted octanol–water partition coefficient (Wildman–Crippen LogP) is 2.29. The molecule has 0 aromatic carbocycles. The number of nitrogens with zero attached hydrogens (tertiary/aromatic N) is 1. The minimum absolute atomic E-state index is 0.257. The van der Waals surface area contributed by atoms with Gasteiger partial charge in [0, 0.05) is 17.7 Å². The van der Waals surface area contributed by atoms with Gasteiger partial charge in [0.25, 0.3) is 0 Å². The molecule has 88 valence electrons. The summed E-state index contributed by atoms with van der Waals surface area (Å²) < 4.78 is 6.00. The molecule has 16 heavy (non-hydrogen) atoms. The molecule has 3 nitrogen and oxygen atoms in total. The molecule has 1 saturated carbocycles. The molecule has 0 spiro atoms. The van der Waals surface area contributed by atoms with Crippen molar-refractivity contribution in [3.8, 4) is 5.88 Å². The fraction of sp³-hybridized carbons (Fsp3) is 0.615. The van der Waals surface area contributed by atoms with Gasteiger partial charge in [0.2, 0.25) is 5.88 Å². The summed E-state index contributed by atoms with van der Waals surface area (Å²) in [5.41, 5.74) is 6.89. The van der Waals surface area contributed by atoms with Crippen molar-refractivity contribution in [3.05, 3.63) is 23.9 Å². The first-order valence-electron chi connectivity index (χ1n) is 6.09. The van der Waals surface area contributed by atoms with Crippen molar-refractivity contribution >= 4 is 0 Å². The summed E-state index contributed by atoms with van der Waals surface area (Å²) >= 11 is 0. The van der Waals surface area contributed by atoms with Crippen molar-refractivity contribution in [3.63, 3.8) is 0 Å². The van der Waals surface area contributed by atoms with Crippen LogP contribution in [0, 0.1) is 12.8 Å². The third kappa shape index (κ3) is 2.53. The highest BCUT2D eigenvalue weighted by molar-refractivity contribution is 5.23. The number of rotatable bonds is 3. The van der Waals surface area contributed by atoms with Crippen molar-refractivity contribution in [2.45, 2.75) is 38.7 Å². The molecule has 0 amide bonds. The molecule has 2 unspecified atom stereocenters. The number of aromatic nitrogens is 1. The van der Waals surface area contributed by atoms with Crippen LogP contribution in [0.2, 0.25) is 0 Å². The van der Waals surface area contributed by atoms with E-state index in [9.17, 15) is 0 Å². The maximum Gasteiger partial charge on any atom is 0.216 e. The Hall–Kier alpha value is -1.09. The second-order valence-corrected chi connectivity index (χ2v) is 4.56. The van der Waals surface area contributed by atoms with Gasteiger partial charge in [0.05, 0.1) is 0 Å². The zero-order valence-corrected chi connectivity index (χ0v) is 9.86. The standard InChI is InChI=1S/C13H20N2O/c1-10-5-4-8-15-13(10)16-12-7-3-2-6-11(12)9-14/h4-5,8,11-12H,2-3,6-7,9,14H2,1H3. The van der Waals surface area contributed by atoms with Crippen LogP contribution < -0.4 is 10.5 Å². The van der Waals surface area contributed by atoms with Crippen LogP contribution in [0.1, 0.15) is 31.2 Å². The molecule has 1 aliphatic rings. The van der Waals surface area contributed by atoms with E-state index in [0.29, 0.717) is 5.92 Å². The van der Waals surface area contributed by atoms with Gasteiger partial charge in [-0.1, -0.05) is 12.5 Å². The Balaban J connectivity index is 2.05. The van der Waals surface area contributed by atoms with Crippen LogP contribution in [-0.2, 0) is 0 Å². The molecular formula is C13H20N2O. The summed E-state index contributed by atoms with van der Waals surface area (Å²) in [6, 6.07) is 3.96. The molecule has 0 saturated heterocycles. The molecule has 2 atom stereocenters. The number of hydrogen-bond donors (Lipinski definition) is 1. The first-order valence-corrected chi connectivity index (χ1v) is 6.09. The maximum absolute atomic E-state index is 6.00. The molecule has 2 N–H and O–H groups in total. The van der Waals surface area contributed by atoms with E-state index in [1.54, 1.807) is 6.20 Å². The number of nitrogens with two attached hydrogens (primary N) is 1. The summed E-state index contributed by atoms with van der Waals surface area (Å²) in [7, 11) is 0. The Morgan fingerprint density at radius 1 is 1.44 bits per heavy atom. The minimum Gasteiger partial charge on any atom is -0.474 e. The van der Waals surface area contributed by atoms with Gasteiger partial charge in [-0.2, -0.15) is 0 Å². The summed E-state index contributed by atoms with van der Waals surface area (Å²) in [6.07, 6.45) is 6.86. The van der Waals surface area contributed by atoms with Crippen molar-refractivity contribution < 1.29 is 4.74 Å². The van der Waals surface area contributed by atoms with E-state index < -0.39 is 0 Å². The first-order chi connectivity index (χ1) is 7.81. The molecule has 1 aromatic heterocycles. The van der Waals surface area contributed by atoms with Gasteiger partial charge in [0.15, 0.2) is 0 Å². The highest BCUT2D eigenvalue weighted by atomic mass is 16.5. The van der Waals surface area contributed by atoms with E-state index in [0.717, 1.165) is 24.4 Å². The van der Waals surface area contributed by atoms with Gasteiger partial charge in [-0.25, -0.2) is 4.98 Å². The lowest BCUT2D eigenvalue weighted by atomic mass is 9.86. The normalized spacial score (nSPS) is 25.4. The zero-order chi connectivity index (χ0) is 11.4. The van der Waals surface area contributed by atoms with Crippen molar-refractivity contribution in [1.29, 1.82) is 0 Å². The van der Waals surface area contributed by atoms with Gasteiger partial charge in [-0.05, 0) is 38.8 Å². The Bertz CT molecular complexity index is 340. The molecule has 3 heteroatoms. The lowest BCUT2D eigenvalue weighted by Gasteiger charge is -2.30. The lowest BCUT2D eigenvalue weighted by molar-refractivity contribution is 0.0915. The average molecular weight is 220 g/mol. The maximum atomic E-state index is 6.00. The Morgan fingerprint density at radius 2 is 2.25 bits per heavy atom. The predicted molar refractivity (Wildman–Crippen MR) is 64.4 cm³/mol. The van der Waals surface area contributed by atoms with Crippen molar-refractivity contribution in [2.24, 2.45) is 11.7 Å². The largest absolute Gasteiger partial charge is 0.474 e. The smallest absolute Gasteiger partial charge is 0.216 e. The summed E-state index contributed by atoms with van der Waals surface area (Å²) in [6.45, 7) is 2.75. The monoisotopic (exact) mass is 220 g/mol. The van der Waals surface area contributed by atoms with Gasteiger partial charge in [0.1, 0.15) is 6.10 Å². The Labute approximate surface area is 97.0 Å². The van der Waals surface area contributed by atoms with Crippen LogP contribution in [0.3, 0.4) is 0 Å². The van der Waals surface area contributed by atoms with Crippen LogP contribution in [0.25, 0.3) is 0 Å². The topological polar surface area (TPSA) is 48.1 Å². The van der Waals surface area contributed by atoms with Gasteiger partial charge in [-0.15, -0.1) is 0 Å². The van der Waals surface area contributed by atoms with Crippen LogP contribution >= 0.6 is 0 Å². The van der Waals surface area contributed by atoms with Crippen LogP contribution in [-0.4, -0.2) is 17.6 Å². The number of hydrogen-bond acceptors (Lipinski definition) is 3. The van der Waals surface area contributed by atoms with E-state index in [1.807, 2.05) is 19.1 Å². The van der Waals surface area contributed by atoms with E-state index in [-0.39, 0.29) is 6.10 Å². The second-order valence-electron chi connectivity index (χ2n) is 4.56. The van der Waals surface area contributed by atoms with Gasteiger partial charge >= 0.3 is 0 Å². The second kappa shape index (κ2) is 5.30. The summed E-state index contributed by atoms with van der Waals surface area (Å²) in [4.78, 5) is 4.28.